The highest BCUT2D eigenvalue weighted by atomic mass is 32.1. The lowest BCUT2D eigenvalue weighted by molar-refractivity contribution is -0.129. The zero-order valence-electron chi connectivity index (χ0n) is 11.6. The van der Waals surface area contributed by atoms with Crippen LogP contribution in [0.4, 0.5) is 0 Å². The van der Waals surface area contributed by atoms with Crippen molar-refractivity contribution < 1.29 is 4.79 Å². The summed E-state index contributed by atoms with van der Waals surface area (Å²) in [6.07, 6.45) is 2.33. The molecule has 0 spiro atoms. The average Bonchev–Trinajstić information content (AvgIpc) is 3.10. The summed E-state index contributed by atoms with van der Waals surface area (Å²) < 4.78 is 0. The van der Waals surface area contributed by atoms with Gasteiger partial charge in [-0.15, -0.1) is 11.3 Å². The zero-order valence-corrected chi connectivity index (χ0v) is 12.4. The topological polar surface area (TPSA) is 32.3 Å². The van der Waals surface area contributed by atoms with Crippen molar-refractivity contribution in [3.05, 3.63) is 21.4 Å². The summed E-state index contributed by atoms with van der Waals surface area (Å²) in [5.41, 5.74) is 1.32. The van der Waals surface area contributed by atoms with Crippen LogP contribution in [0.15, 0.2) is 6.07 Å². The van der Waals surface area contributed by atoms with Gasteiger partial charge in [0.25, 0.3) is 0 Å². The largest absolute Gasteiger partial charge is 0.342 e. The van der Waals surface area contributed by atoms with Crippen molar-refractivity contribution in [3.63, 3.8) is 0 Å². The number of rotatable bonds is 5. The number of likely N-dealkylation sites (N-methyl/N-ethyl adjacent to an activating group) is 1. The van der Waals surface area contributed by atoms with Gasteiger partial charge in [0.05, 0.1) is 6.54 Å². The van der Waals surface area contributed by atoms with Crippen molar-refractivity contribution in [1.29, 1.82) is 0 Å². The van der Waals surface area contributed by atoms with E-state index in [-0.39, 0.29) is 11.9 Å². The predicted octanol–water partition coefficient (Wildman–Crippen LogP) is 2.64. The lowest BCUT2D eigenvalue weighted by atomic mass is 10.1. The molecule has 18 heavy (non-hydrogen) atoms. The van der Waals surface area contributed by atoms with E-state index in [9.17, 15) is 4.79 Å². The molecule has 0 bridgehead atoms. The molecule has 100 valence electrons. The first-order chi connectivity index (χ1) is 8.49. The molecule has 1 atom stereocenters. The number of amides is 1. The van der Waals surface area contributed by atoms with E-state index in [2.05, 4.69) is 32.2 Å². The predicted molar refractivity (Wildman–Crippen MR) is 76.0 cm³/mol. The van der Waals surface area contributed by atoms with Gasteiger partial charge in [0.1, 0.15) is 0 Å². The molecule has 1 aliphatic rings. The van der Waals surface area contributed by atoms with Gasteiger partial charge in [0.15, 0.2) is 0 Å². The van der Waals surface area contributed by atoms with E-state index < -0.39 is 0 Å². The number of nitrogens with zero attached hydrogens (tertiary/aromatic N) is 1. The average molecular weight is 266 g/mol. The van der Waals surface area contributed by atoms with E-state index >= 15 is 0 Å². The molecular formula is C14H22N2OS. The minimum atomic E-state index is 0.203. The highest BCUT2D eigenvalue weighted by Crippen LogP contribution is 2.27. The van der Waals surface area contributed by atoms with Crippen LogP contribution in [0, 0.1) is 13.8 Å². The first-order valence-electron chi connectivity index (χ1n) is 6.55. The van der Waals surface area contributed by atoms with Crippen molar-refractivity contribution in [2.45, 2.75) is 45.7 Å². The molecule has 0 aromatic carbocycles. The van der Waals surface area contributed by atoms with Gasteiger partial charge < -0.3 is 10.2 Å². The van der Waals surface area contributed by atoms with E-state index in [1.807, 2.05) is 23.3 Å². The zero-order chi connectivity index (χ0) is 13.3. The molecule has 1 amide bonds. The fourth-order valence-corrected chi connectivity index (χ4v) is 3.24. The molecule has 0 aliphatic heterocycles. The Hall–Kier alpha value is -0.870. The third-order valence-electron chi connectivity index (χ3n) is 3.59. The maximum absolute atomic E-state index is 11.9. The van der Waals surface area contributed by atoms with Gasteiger partial charge in [0.2, 0.25) is 5.91 Å². The quantitative estimate of drug-likeness (QED) is 0.888. The molecule has 1 unspecified atom stereocenters. The second-order valence-corrected chi connectivity index (χ2v) is 6.67. The van der Waals surface area contributed by atoms with Gasteiger partial charge >= 0.3 is 0 Å². The van der Waals surface area contributed by atoms with Crippen LogP contribution in [0.5, 0.6) is 0 Å². The maximum atomic E-state index is 11.9. The Morgan fingerprint density at radius 1 is 1.56 bits per heavy atom. The molecular weight excluding hydrogens is 244 g/mol. The Balaban J connectivity index is 1.86. The number of nitrogens with one attached hydrogen (secondary N) is 1. The smallest absolute Gasteiger partial charge is 0.236 e. The Morgan fingerprint density at radius 2 is 2.22 bits per heavy atom. The van der Waals surface area contributed by atoms with Crippen LogP contribution in [0.3, 0.4) is 0 Å². The summed E-state index contributed by atoms with van der Waals surface area (Å²) >= 11 is 1.82. The Kier molecular flexibility index (Phi) is 4.07. The second-order valence-electron chi connectivity index (χ2n) is 5.21. The molecule has 1 saturated carbocycles. The number of carbonyl (C=O) groups is 1. The van der Waals surface area contributed by atoms with Gasteiger partial charge in [0, 0.05) is 28.9 Å². The summed E-state index contributed by atoms with van der Waals surface area (Å²) in [6, 6.07) is 2.96. The highest BCUT2D eigenvalue weighted by Gasteiger charge is 2.29. The van der Waals surface area contributed by atoms with Crippen LogP contribution in [0.2, 0.25) is 0 Å². The molecule has 2 rings (SSSR count). The monoisotopic (exact) mass is 266 g/mol. The van der Waals surface area contributed by atoms with E-state index in [0.29, 0.717) is 12.6 Å². The third-order valence-corrected chi connectivity index (χ3v) is 4.58. The Bertz CT molecular complexity index is 437. The first-order valence-corrected chi connectivity index (χ1v) is 7.36. The van der Waals surface area contributed by atoms with Crippen LogP contribution in [-0.2, 0) is 4.79 Å². The molecule has 1 aliphatic carbocycles. The van der Waals surface area contributed by atoms with E-state index in [1.165, 1.54) is 28.2 Å². The van der Waals surface area contributed by atoms with Crippen molar-refractivity contribution in [2.24, 2.45) is 0 Å². The number of hydrogen-bond acceptors (Lipinski definition) is 3. The second kappa shape index (κ2) is 5.41. The van der Waals surface area contributed by atoms with E-state index in [1.54, 1.807) is 0 Å². The van der Waals surface area contributed by atoms with Crippen LogP contribution >= 0.6 is 11.3 Å². The third kappa shape index (κ3) is 3.12. The standard InChI is InChI=1S/C14H22N2OS/c1-9-7-13(11(3)18-9)10(2)15-8-14(17)16(4)12-5-6-12/h7,10,12,15H,5-6,8H2,1-4H3. The summed E-state index contributed by atoms with van der Waals surface area (Å²) in [4.78, 5) is 16.5. The Morgan fingerprint density at radius 3 is 2.72 bits per heavy atom. The van der Waals surface area contributed by atoms with Gasteiger partial charge in [-0.3, -0.25) is 4.79 Å². The van der Waals surface area contributed by atoms with E-state index in [0.717, 1.165) is 0 Å². The highest BCUT2D eigenvalue weighted by molar-refractivity contribution is 7.12. The molecule has 4 heteroatoms. The molecule has 1 aromatic heterocycles. The van der Waals surface area contributed by atoms with E-state index in [4.69, 9.17) is 0 Å². The molecule has 0 radical (unpaired) electrons. The molecule has 1 heterocycles. The Labute approximate surface area is 113 Å². The SMILES string of the molecule is Cc1cc(C(C)NCC(=O)N(C)C2CC2)c(C)s1. The van der Waals surface area contributed by atoms with Crippen LogP contribution in [0.1, 0.15) is 41.1 Å². The summed E-state index contributed by atoms with van der Waals surface area (Å²) in [7, 11) is 1.91. The van der Waals surface area contributed by atoms with Crippen molar-refractivity contribution in [1.82, 2.24) is 10.2 Å². The molecule has 1 N–H and O–H groups in total. The number of hydrogen-bond donors (Lipinski definition) is 1. The lowest BCUT2D eigenvalue weighted by Gasteiger charge is -2.19. The lowest BCUT2D eigenvalue weighted by Crippen LogP contribution is -2.37. The van der Waals surface area contributed by atoms with Crippen LogP contribution in [0.25, 0.3) is 0 Å². The fraction of sp³-hybridized carbons (Fsp3) is 0.643. The van der Waals surface area contributed by atoms with Crippen molar-refractivity contribution in [3.8, 4) is 0 Å². The van der Waals surface area contributed by atoms with Crippen molar-refractivity contribution >= 4 is 17.2 Å². The number of carbonyl (C=O) groups excluding carboxylic acids is 1. The fourth-order valence-electron chi connectivity index (χ4n) is 2.22. The van der Waals surface area contributed by atoms with Gasteiger partial charge in [-0.1, -0.05) is 0 Å². The first kappa shape index (κ1) is 13.6. The normalized spacial score (nSPS) is 16.7. The minimum absolute atomic E-state index is 0.203. The molecule has 1 fully saturated rings. The maximum Gasteiger partial charge on any atom is 0.236 e. The van der Waals surface area contributed by atoms with Gasteiger partial charge in [-0.2, -0.15) is 0 Å². The summed E-state index contributed by atoms with van der Waals surface area (Å²) in [6.45, 7) is 6.82. The summed E-state index contributed by atoms with van der Waals surface area (Å²) in [5.74, 6) is 0.203. The number of aryl methyl sites for hydroxylation is 2. The number of thiophene rings is 1. The van der Waals surface area contributed by atoms with Gasteiger partial charge in [-0.25, -0.2) is 0 Å². The molecule has 0 saturated heterocycles. The van der Waals surface area contributed by atoms with Crippen LogP contribution < -0.4 is 5.32 Å². The molecule has 3 nitrogen and oxygen atoms in total. The van der Waals surface area contributed by atoms with Crippen LogP contribution in [-0.4, -0.2) is 30.4 Å². The van der Waals surface area contributed by atoms with Gasteiger partial charge in [-0.05, 0) is 45.2 Å². The van der Waals surface area contributed by atoms with Crippen molar-refractivity contribution in [2.75, 3.05) is 13.6 Å². The summed E-state index contributed by atoms with van der Waals surface area (Å²) in [5, 5.41) is 3.33. The molecule has 1 aromatic rings. The minimum Gasteiger partial charge on any atom is -0.342 e.